The zero-order valence-electron chi connectivity index (χ0n) is 38.9. The van der Waals surface area contributed by atoms with E-state index in [1.165, 1.54) is 29.2 Å². The van der Waals surface area contributed by atoms with Crippen molar-refractivity contribution in [3.05, 3.63) is 29.8 Å². The van der Waals surface area contributed by atoms with Gasteiger partial charge in [-0.05, 0) is 55.2 Å². The van der Waals surface area contributed by atoms with Gasteiger partial charge in [-0.1, -0.05) is 67.8 Å². The van der Waals surface area contributed by atoms with Gasteiger partial charge < -0.3 is 69.5 Å². The van der Waals surface area contributed by atoms with E-state index >= 15 is 0 Å². The van der Waals surface area contributed by atoms with E-state index < -0.39 is 145 Å². The molecular weight excluding hydrogens is 943 g/mol. The normalized spacial score (nSPS) is 24.3. The summed E-state index contributed by atoms with van der Waals surface area (Å²) in [5.41, 5.74) is 17.7. The number of phenolic OH excluding ortho intramolecular Hbond substituents is 1. The molecule has 2 aliphatic rings. The maximum atomic E-state index is 14.5. The zero-order valence-corrected chi connectivity index (χ0v) is 40.6. The van der Waals surface area contributed by atoms with E-state index in [1.807, 2.05) is 0 Å². The van der Waals surface area contributed by atoms with Crippen LogP contribution in [0.2, 0.25) is 0 Å². The van der Waals surface area contributed by atoms with Crippen LogP contribution in [0.15, 0.2) is 24.3 Å². The first-order chi connectivity index (χ1) is 32.5. The largest absolute Gasteiger partial charge is 0.508 e. The third-order valence-electron chi connectivity index (χ3n) is 11.3. The Morgan fingerprint density at radius 3 is 2.03 bits per heavy atom. The highest BCUT2D eigenvalue weighted by Crippen LogP contribution is 2.26. The molecule has 382 valence electrons. The van der Waals surface area contributed by atoms with Gasteiger partial charge in [0.05, 0.1) is 12.5 Å². The molecule has 2 heterocycles. The summed E-state index contributed by atoms with van der Waals surface area (Å²) >= 11 is 0. The van der Waals surface area contributed by atoms with E-state index in [4.69, 9.17) is 22.3 Å². The van der Waals surface area contributed by atoms with Crippen molar-refractivity contribution < 1.29 is 63.0 Å². The molecule has 1 unspecified atom stereocenters. The number of aliphatic carboxylic acids is 1. The van der Waals surface area contributed by atoms with E-state index in [9.17, 15) is 57.8 Å². The molecule has 26 heteroatoms. The highest BCUT2D eigenvalue weighted by atomic mass is 33.1. The molecule has 1 aromatic carbocycles. The Hall–Kier alpha value is -6.15. The number of carboxylic acids is 1. The molecule has 0 radical (unpaired) electrons. The fourth-order valence-corrected chi connectivity index (χ4v) is 9.61. The van der Waals surface area contributed by atoms with E-state index in [-0.39, 0.29) is 49.0 Å². The first-order valence-electron chi connectivity index (χ1n) is 22.5. The number of rotatable bonds is 17. The maximum absolute atomic E-state index is 14.5. The number of carbonyl (C=O) groups is 11. The van der Waals surface area contributed by atoms with Crippen LogP contribution in [-0.4, -0.2) is 153 Å². The topological polar surface area (TPSA) is 394 Å². The summed E-state index contributed by atoms with van der Waals surface area (Å²) in [7, 11) is 2.03. The predicted molar refractivity (Wildman–Crippen MR) is 253 cm³/mol. The number of aromatic hydroxyl groups is 1. The number of benzene rings is 1. The third kappa shape index (κ3) is 18.7. The zero-order chi connectivity index (χ0) is 51.5. The van der Waals surface area contributed by atoms with E-state index in [1.54, 1.807) is 27.7 Å². The number of carbonyl (C=O) groups excluding carboxylic acids is 10. The van der Waals surface area contributed by atoms with Crippen molar-refractivity contribution in [2.75, 3.05) is 24.6 Å². The SMILES string of the molecule is CC[C@H](C)[C@@H]1NC(=O)[C@H](Cc2ccc(O)cc2)NC(=O)[C@@H](N)CSSC[C@@H](C(=O)N2CCC[C@H]2C(=O)N[C@@H](CC(C)C)C(=O)NCC(=O)O)NC(=O)[C@H](CC(N)=O)NC(=O)C(CCC(N)=O)NC1=O. The van der Waals surface area contributed by atoms with Crippen molar-refractivity contribution in [3.63, 3.8) is 0 Å². The fourth-order valence-electron chi connectivity index (χ4n) is 7.33. The molecule has 2 aliphatic heterocycles. The van der Waals surface area contributed by atoms with Gasteiger partial charge in [0.1, 0.15) is 54.6 Å². The van der Waals surface area contributed by atoms with Crippen LogP contribution in [0.1, 0.15) is 78.2 Å². The van der Waals surface area contributed by atoms with Gasteiger partial charge in [-0.15, -0.1) is 0 Å². The number of likely N-dealkylation sites (tertiary alicyclic amines) is 1. The smallest absolute Gasteiger partial charge is 0.322 e. The number of hydrogen-bond acceptors (Lipinski definition) is 15. The number of carboxylic acid groups (broad SMARTS) is 1. The minimum atomic E-state index is -1.76. The van der Waals surface area contributed by atoms with Gasteiger partial charge in [0.15, 0.2) is 0 Å². The summed E-state index contributed by atoms with van der Waals surface area (Å²) in [5.74, 6) is -11.1. The number of phenols is 1. The average molecular weight is 1010 g/mol. The molecule has 3 rings (SSSR count). The quantitative estimate of drug-likeness (QED) is 0.0692. The molecule has 2 saturated heterocycles. The number of nitrogens with zero attached hydrogens (tertiary/aromatic N) is 1. The van der Waals surface area contributed by atoms with E-state index in [0.717, 1.165) is 21.6 Å². The maximum Gasteiger partial charge on any atom is 0.322 e. The summed E-state index contributed by atoms with van der Waals surface area (Å²) in [6.45, 7) is 6.31. The molecule has 0 aromatic heterocycles. The van der Waals surface area contributed by atoms with Crippen LogP contribution in [0, 0.1) is 11.8 Å². The molecular formula is C43H65N11O13S2. The summed E-state index contributed by atoms with van der Waals surface area (Å²) in [5, 5.41) is 36.6. The number of hydrogen-bond donors (Lipinski definition) is 12. The Bertz CT molecular complexity index is 2050. The molecule has 0 spiro atoms. The molecule has 24 nitrogen and oxygen atoms in total. The lowest BCUT2D eigenvalue weighted by molar-refractivity contribution is -0.142. The number of primary amides is 2. The molecule has 0 aliphatic carbocycles. The molecule has 10 amide bonds. The van der Waals surface area contributed by atoms with Crippen molar-refractivity contribution >= 4 is 86.6 Å². The monoisotopic (exact) mass is 1010 g/mol. The van der Waals surface area contributed by atoms with Gasteiger partial charge in [0.25, 0.3) is 0 Å². The van der Waals surface area contributed by atoms with Crippen LogP contribution in [0.25, 0.3) is 0 Å². The van der Waals surface area contributed by atoms with Crippen molar-refractivity contribution in [1.29, 1.82) is 0 Å². The molecule has 2 fully saturated rings. The van der Waals surface area contributed by atoms with Crippen LogP contribution in [0.4, 0.5) is 0 Å². The van der Waals surface area contributed by atoms with Crippen LogP contribution in [-0.2, 0) is 59.2 Å². The fraction of sp³-hybridized carbons (Fsp3) is 0.605. The van der Waals surface area contributed by atoms with E-state index in [0.29, 0.717) is 18.4 Å². The predicted octanol–water partition coefficient (Wildman–Crippen LogP) is -3.01. The second kappa shape index (κ2) is 27.7. The number of nitrogens with one attached hydrogen (secondary N) is 7. The van der Waals surface area contributed by atoms with Gasteiger partial charge in [-0.2, -0.15) is 0 Å². The lowest BCUT2D eigenvalue weighted by Gasteiger charge is -2.31. The average Bonchev–Trinajstić information content (AvgIpc) is 3.78. The Kier molecular flexibility index (Phi) is 23.0. The number of nitrogens with two attached hydrogens (primary N) is 3. The first kappa shape index (κ1) is 57.2. The minimum absolute atomic E-state index is 0.0332. The van der Waals surface area contributed by atoms with Crippen molar-refractivity contribution in [3.8, 4) is 5.75 Å². The van der Waals surface area contributed by atoms with Gasteiger partial charge in [0.2, 0.25) is 59.1 Å². The molecule has 69 heavy (non-hydrogen) atoms. The lowest BCUT2D eigenvalue weighted by Crippen LogP contribution is -2.61. The van der Waals surface area contributed by atoms with Crippen LogP contribution in [0.3, 0.4) is 0 Å². The Balaban J connectivity index is 2.05. The van der Waals surface area contributed by atoms with Gasteiger partial charge >= 0.3 is 5.97 Å². The Morgan fingerprint density at radius 2 is 1.42 bits per heavy atom. The number of amides is 10. The third-order valence-corrected chi connectivity index (χ3v) is 13.7. The summed E-state index contributed by atoms with van der Waals surface area (Å²) < 4.78 is 0. The molecule has 0 saturated carbocycles. The second-order valence-corrected chi connectivity index (χ2v) is 19.9. The summed E-state index contributed by atoms with van der Waals surface area (Å²) in [4.78, 5) is 148. The summed E-state index contributed by atoms with van der Waals surface area (Å²) in [6.07, 6.45) is -0.798. The lowest BCUT2D eigenvalue weighted by atomic mass is 9.96. The highest BCUT2D eigenvalue weighted by molar-refractivity contribution is 8.76. The van der Waals surface area contributed by atoms with E-state index in [2.05, 4.69) is 37.2 Å². The second-order valence-electron chi connectivity index (χ2n) is 17.3. The van der Waals surface area contributed by atoms with Crippen LogP contribution < -0.4 is 54.4 Å². The summed E-state index contributed by atoms with van der Waals surface area (Å²) in [6, 6.07) is -5.19. The molecule has 0 bridgehead atoms. The van der Waals surface area contributed by atoms with Crippen molar-refractivity contribution in [1.82, 2.24) is 42.1 Å². The Labute approximate surface area is 407 Å². The van der Waals surface area contributed by atoms with Crippen LogP contribution >= 0.6 is 21.6 Å². The first-order valence-corrected chi connectivity index (χ1v) is 25.0. The standard InChI is InChI=1S/C43H65N11O13S2/c1-5-22(4)35-42(66)48-26(12-13-32(45)56)38(62)50-29(17-33(46)57)39(63)52-30(20-69-68-19-25(44)36(60)49-28(40(64)53-35)16-23-8-10-24(55)11-9-23)43(67)54-14-6-7-31(54)41(65)51-27(15-21(2)3)37(61)47-18-34(58)59/h8-11,21-22,25-31,35,55H,5-7,12-20,44H2,1-4H3,(H2,45,56)(H2,46,57)(H,47,61)(H,48,66)(H,49,60)(H,50,62)(H,51,65)(H,52,63)(H,53,64)(H,58,59)/t22-,25-,26?,27-,28-,29-,30-,31-,35-/m0/s1. The van der Waals surface area contributed by atoms with Gasteiger partial charge in [-0.25, -0.2) is 0 Å². The molecule has 1 aromatic rings. The molecule has 15 N–H and O–H groups in total. The van der Waals surface area contributed by atoms with Gasteiger partial charge in [0, 0.05) is 30.9 Å². The van der Waals surface area contributed by atoms with Crippen molar-refractivity contribution in [2.45, 2.75) is 127 Å². The Morgan fingerprint density at radius 1 is 0.812 bits per heavy atom. The molecule has 9 atom stereocenters. The van der Waals surface area contributed by atoms with Crippen molar-refractivity contribution in [2.24, 2.45) is 29.0 Å². The highest BCUT2D eigenvalue weighted by Gasteiger charge is 2.41. The van der Waals surface area contributed by atoms with Gasteiger partial charge in [-0.3, -0.25) is 52.7 Å². The van der Waals surface area contributed by atoms with Crippen LogP contribution in [0.5, 0.6) is 5.75 Å². The minimum Gasteiger partial charge on any atom is -0.508 e.